The van der Waals surface area contributed by atoms with E-state index in [2.05, 4.69) is 14.7 Å². The number of nitrogens with zero attached hydrogens (tertiary/aromatic N) is 1. The van der Waals surface area contributed by atoms with E-state index >= 15 is 0 Å². The van der Waals surface area contributed by atoms with Crippen molar-refractivity contribution in [2.24, 2.45) is 0 Å². The van der Waals surface area contributed by atoms with Crippen LogP contribution in [0.3, 0.4) is 0 Å². The third kappa shape index (κ3) is 3.04. The van der Waals surface area contributed by atoms with E-state index in [1.807, 2.05) is 0 Å². The molecule has 0 bridgehead atoms. The van der Waals surface area contributed by atoms with Crippen LogP contribution in [0.4, 0.5) is 5.69 Å². The maximum absolute atomic E-state index is 12.1. The van der Waals surface area contributed by atoms with Crippen LogP contribution >= 0.6 is 0 Å². The van der Waals surface area contributed by atoms with Gasteiger partial charge in [0.2, 0.25) is 10.0 Å². The van der Waals surface area contributed by atoms with Gasteiger partial charge in [-0.3, -0.25) is 0 Å². The van der Waals surface area contributed by atoms with Crippen molar-refractivity contribution < 1.29 is 13.2 Å². The smallest absolute Gasteiger partial charge is 0.242 e. The Labute approximate surface area is 110 Å². The number of nitrogens with one attached hydrogen (secondary N) is 2. The van der Waals surface area contributed by atoms with Crippen molar-refractivity contribution in [2.45, 2.75) is 11.4 Å². The minimum Gasteiger partial charge on any atom is -0.497 e. The summed E-state index contributed by atoms with van der Waals surface area (Å²) in [6.07, 6.45) is 3.02. The highest BCUT2D eigenvalue weighted by atomic mass is 32.2. The zero-order chi connectivity index (χ0) is 13.9. The predicted molar refractivity (Wildman–Crippen MR) is 70.0 cm³/mol. The number of nitrogen functional groups attached to an aromatic ring is 1. The topological polar surface area (TPSA) is 110 Å². The lowest BCUT2D eigenvalue weighted by molar-refractivity contribution is 0.414. The Bertz CT molecular complexity index is 653. The molecule has 1 heterocycles. The molecule has 0 aliphatic carbocycles. The molecule has 0 atom stereocenters. The van der Waals surface area contributed by atoms with Crippen molar-refractivity contribution in [3.63, 3.8) is 0 Å². The number of aromatic nitrogens is 2. The van der Waals surface area contributed by atoms with E-state index in [-0.39, 0.29) is 17.1 Å². The Morgan fingerprint density at radius 2 is 2.26 bits per heavy atom. The van der Waals surface area contributed by atoms with E-state index < -0.39 is 10.0 Å². The Morgan fingerprint density at radius 1 is 1.47 bits per heavy atom. The Morgan fingerprint density at radius 3 is 2.84 bits per heavy atom. The fourth-order valence-electron chi connectivity index (χ4n) is 1.53. The summed E-state index contributed by atoms with van der Waals surface area (Å²) in [5, 5.41) is 0. The van der Waals surface area contributed by atoms with E-state index in [1.54, 1.807) is 12.3 Å². The molecule has 2 aromatic rings. The minimum absolute atomic E-state index is 0.0211. The van der Waals surface area contributed by atoms with Crippen LogP contribution < -0.4 is 15.2 Å². The molecule has 4 N–H and O–H groups in total. The van der Waals surface area contributed by atoms with Gasteiger partial charge in [-0.15, -0.1) is 0 Å². The quantitative estimate of drug-likeness (QED) is 0.691. The molecule has 8 heteroatoms. The average Bonchev–Trinajstić information content (AvgIpc) is 2.89. The molecule has 0 unspecified atom stereocenters. The van der Waals surface area contributed by atoms with Crippen LogP contribution in [-0.4, -0.2) is 25.5 Å². The van der Waals surface area contributed by atoms with Gasteiger partial charge in [-0.2, -0.15) is 0 Å². The van der Waals surface area contributed by atoms with Crippen molar-refractivity contribution in [1.29, 1.82) is 0 Å². The highest BCUT2D eigenvalue weighted by Gasteiger charge is 2.17. The van der Waals surface area contributed by atoms with Gasteiger partial charge in [-0.1, -0.05) is 0 Å². The summed E-state index contributed by atoms with van der Waals surface area (Å²) >= 11 is 0. The van der Waals surface area contributed by atoms with E-state index in [0.29, 0.717) is 11.4 Å². The first-order valence-electron chi connectivity index (χ1n) is 5.43. The van der Waals surface area contributed by atoms with Gasteiger partial charge < -0.3 is 15.5 Å². The monoisotopic (exact) mass is 282 g/mol. The molecule has 0 amide bonds. The van der Waals surface area contributed by atoms with Crippen LogP contribution in [0.15, 0.2) is 35.6 Å². The van der Waals surface area contributed by atoms with Crippen LogP contribution in [0.5, 0.6) is 5.75 Å². The number of rotatable bonds is 5. The molecule has 0 aliphatic heterocycles. The zero-order valence-corrected chi connectivity index (χ0v) is 11.1. The molecule has 0 spiro atoms. The fourth-order valence-corrected chi connectivity index (χ4v) is 2.65. The fraction of sp³-hybridized carbons (Fsp3) is 0.182. The number of H-pyrrole nitrogens is 1. The van der Waals surface area contributed by atoms with Crippen molar-refractivity contribution in [2.75, 3.05) is 12.8 Å². The number of sulfonamides is 1. The number of methoxy groups -OCH3 is 1. The molecule has 0 aliphatic rings. The third-order valence-electron chi connectivity index (χ3n) is 2.51. The Hall–Kier alpha value is -2.06. The van der Waals surface area contributed by atoms with Crippen LogP contribution in [0, 0.1) is 0 Å². The highest BCUT2D eigenvalue weighted by molar-refractivity contribution is 7.89. The molecule has 0 fully saturated rings. The first-order valence-corrected chi connectivity index (χ1v) is 6.91. The molecule has 7 nitrogen and oxygen atoms in total. The largest absolute Gasteiger partial charge is 0.497 e. The summed E-state index contributed by atoms with van der Waals surface area (Å²) in [5.74, 6) is 0.505. The van der Waals surface area contributed by atoms with E-state index in [9.17, 15) is 8.42 Å². The Balaban J connectivity index is 2.19. The zero-order valence-electron chi connectivity index (χ0n) is 10.3. The molecule has 2 rings (SSSR count). The van der Waals surface area contributed by atoms with E-state index in [4.69, 9.17) is 10.5 Å². The number of hydrogen-bond acceptors (Lipinski definition) is 5. The maximum atomic E-state index is 12.1. The molecular weight excluding hydrogens is 268 g/mol. The van der Waals surface area contributed by atoms with Gasteiger partial charge in [-0.25, -0.2) is 18.1 Å². The van der Waals surface area contributed by atoms with Crippen LogP contribution in [0.2, 0.25) is 0 Å². The standard InChI is InChI=1S/C11H14N4O3S/c1-18-9-2-3-11(10(12)4-9)19(16,17)15-6-8-5-13-7-14-8/h2-5,7,15H,6,12H2,1H3,(H,13,14). The van der Waals surface area contributed by atoms with Crippen molar-refractivity contribution >= 4 is 15.7 Å². The van der Waals surface area contributed by atoms with Gasteiger partial charge in [0.15, 0.2) is 0 Å². The number of imidazole rings is 1. The summed E-state index contributed by atoms with van der Waals surface area (Å²) in [7, 11) is -2.18. The van der Waals surface area contributed by atoms with Gasteiger partial charge in [0.1, 0.15) is 10.6 Å². The number of benzene rings is 1. The molecule has 19 heavy (non-hydrogen) atoms. The van der Waals surface area contributed by atoms with E-state index in [0.717, 1.165) is 0 Å². The van der Waals surface area contributed by atoms with Crippen molar-refractivity contribution in [1.82, 2.24) is 14.7 Å². The molecular formula is C11H14N4O3S. The lowest BCUT2D eigenvalue weighted by atomic mass is 10.3. The summed E-state index contributed by atoms with van der Waals surface area (Å²) in [6, 6.07) is 4.41. The summed E-state index contributed by atoms with van der Waals surface area (Å²) in [4.78, 5) is 6.63. The number of hydrogen-bond donors (Lipinski definition) is 3. The van der Waals surface area contributed by atoms with Crippen LogP contribution in [0.25, 0.3) is 0 Å². The SMILES string of the molecule is COc1ccc(S(=O)(=O)NCc2cnc[nH]2)c(N)c1. The normalized spacial score (nSPS) is 11.4. The lowest BCUT2D eigenvalue weighted by Crippen LogP contribution is -2.24. The predicted octanol–water partition coefficient (Wildman–Crippen LogP) is 0.479. The van der Waals surface area contributed by atoms with Crippen molar-refractivity contribution in [3.8, 4) is 5.75 Å². The lowest BCUT2D eigenvalue weighted by Gasteiger charge is -2.09. The van der Waals surface area contributed by atoms with Gasteiger partial charge in [0.25, 0.3) is 0 Å². The van der Waals surface area contributed by atoms with Gasteiger partial charge in [0, 0.05) is 18.0 Å². The summed E-state index contributed by atoms with van der Waals surface area (Å²) < 4.78 is 31.6. The van der Waals surface area contributed by atoms with E-state index in [1.165, 1.54) is 25.6 Å². The molecule has 1 aromatic heterocycles. The first-order chi connectivity index (χ1) is 9.03. The van der Waals surface area contributed by atoms with Gasteiger partial charge in [-0.05, 0) is 12.1 Å². The summed E-state index contributed by atoms with van der Waals surface area (Å²) in [5.41, 5.74) is 6.51. The van der Waals surface area contributed by atoms with Crippen molar-refractivity contribution in [3.05, 3.63) is 36.4 Å². The van der Waals surface area contributed by atoms with Crippen LogP contribution in [-0.2, 0) is 16.6 Å². The molecule has 0 saturated carbocycles. The van der Waals surface area contributed by atoms with Gasteiger partial charge >= 0.3 is 0 Å². The average molecular weight is 282 g/mol. The minimum atomic E-state index is -3.67. The highest BCUT2D eigenvalue weighted by Crippen LogP contribution is 2.23. The first kappa shape index (κ1) is 13.4. The molecule has 0 saturated heterocycles. The molecule has 1 aromatic carbocycles. The number of nitrogens with two attached hydrogens (primary N) is 1. The summed E-state index contributed by atoms with van der Waals surface area (Å²) in [6.45, 7) is 0.119. The second-order valence-electron chi connectivity index (χ2n) is 3.81. The van der Waals surface area contributed by atoms with Gasteiger partial charge in [0.05, 0.1) is 25.7 Å². The maximum Gasteiger partial charge on any atom is 0.242 e. The number of aromatic amines is 1. The number of anilines is 1. The molecule has 0 radical (unpaired) electrons. The molecule has 102 valence electrons. The van der Waals surface area contributed by atoms with Crippen LogP contribution in [0.1, 0.15) is 5.69 Å². The number of ether oxygens (including phenoxy) is 1. The second-order valence-corrected chi connectivity index (χ2v) is 5.54. The third-order valence-corrected chi connectivity index (χ3v) is 3.99. The second kappa shape index (κ2) is 5.29. The Kier molecular flexibility index (Phi) is 3.72.